The van der Waals surface area contributed by atoms with Crippen molar-refractivity contribution in [2.45, 2.75) is 33.6 Å². The van der Waals surface area contributed by atoms with E-state index in [-0.39, 0.29) is 19.1 Å². The molecule has 2 amide bonds. The SMILES string of the molecule is CC.Cc1nc(-c2cccc(F)c2)c(C(=O)Nc2ccc3c(c2)CCC(=O)N3)s1.[HH]. The highest BCUT2D eigenvalue weighted by Crippen LogP contribution is 2.30. The van der Waals surface area contributed by atoms with Crippen molar-refractivity contribution in [1.29, 1.82) is 0 Å². The number of hydrogen-bond acceptors (Lipinski definition) is 4. The van der Waals surface area contributed by atoms with Gasteiger partial charge in [0.25, 0.3) is 5.91 Å². The molecule has 5 nitrogen and oxygen atoms in total. The van der Waals surface area contributed by atoms with E-state index in [2.05, 4.69) is 15.6 Å². The van der Waals surface area contributed by atoms with Crippen molar-refractivity contribution >= 4 is 34.5 Å². The molecule has 3 aromatic rings. The molecule has 0 unspecified atom stereocenters. The Morgan fingerprint density at radius 3 is 2.76 bits per heavy atom. The monoisotopic (exact) mass is 413 g/mol. The van der Waals surface area contributed by atoms with Gasteiger partial charge in [-0.25, -0.2) is 9.37 Å². The summed E-state index contributed by atoms with van der Waals surface area (Å²) in [4.78, 5) is 29.1. The number of benzene rings is 2. The molecule has 0 aliphatic carbocycles. The van der Waals surface area contributed by atoms with Crippen molar-refractivity contribution in [1.82, 2.24) is 4.98 Å². The van der Waals surface area contributed by atoms with E-state index in [4.69, 9.17) is 0 Å². The number of carbonyl (C=O) groups excluding carboxylic acids is 2. The molecule has 1 aliphatic rings. The highest BCUT2D eigenvalue weighted by Gasteiger charge is 2.20. The minimum atomic E-state index is -0.374. The highest BCUT2D eigenvalue weighted by atomic mass is 32.1. The summed E-state index contributed by atoms with van der Waals surface area (Å²) in [6, 6.07) is 11.4. The van der Waals surface area contributed by atoms with E-state index in [9.17, 15) is 14.0 Å². The second kappa shape index (κ2) is 8.96. The van der Waals surface area contributed by atoms with Gasteiger partial charge in [0.1, 0.15) is 10.7 Å². The average Bonchev–Trinajstić information content (AvgIpc) is 3.12. The van der Waals surface area contributed by atoms with Gasteiger partial charge >= 0.3 is 0 Å². The van der Waals surface area contributed by atoms with E-state index in [1.807, 2.05) is 26.8 Å². The molecule has 0 atom stereocenters. The molecule has 7 heteroatoms. The molecular weight excluding hydrogens is 389 g/mol. The second-order valence-electron chi connectivity index (χ2n) is 6.30. The van der Waals surface area contributed by atoms with Gasteiger partial charge in [0, 0.05) is 24.8 Å². The Hall–Kier alpha value is -3.06. The number of aromatic nitrogens is 1. The molecule has 4 rings (SSSR count). The largest absolute Gasteiger partial charge is 0.326 e. The summed E-state index contributed by atoms with van der Waals surface area (Å²) < 4.78 is 13.6. The fraction of sp³-hybridized carbons (Fsp3) is 0.227. The number of hydrogen-bond donors (Lipinski definition) is 2. The number of halogens is 1. The predicted molar refractivity (Wildman–Crippen MR) is 117 cm³/mol. The van der Waals surface area contributed by atoms with Crippen molar-refractivity contribution in [2.75, 3.05) is 10.6 Å². The van der Waals surface area contributed by atoms with Crippen LogP contribution in [0.15, 0.2) is 42.5 Å². The molecule has 0 radical (unpaired) electrons. The first kappa shape index (κ1) is 20.7. The Labute approximate surface area is 174 Å². The van der Waals surface area contributed by atoms with E-state index >= 15 is 0 Å². The first-order valence-electron chi connectivity index (χ1n) is 9.47. The number of amides is 2. The number of rotatable bonds is 3. The van der Waals surface area contributed by atoms with Gasteiger partial charge in [-0.2, -0.15) is 0 Å². The summed E-state index contributed by atoms with van der Waals surface area (Å²) in [5.41, 5.74) is 3.44. The first-order valence-corrected chi connectivity index (χ1v) is 10.3. The van der Waals surface area contributed by atoms with Crippen LogP contribution in [-0.4, -0.2) is 16.8 Å². The first-order chi connectivity index (χ1) is 14.0. The Balaban J connectivity index is 0.00000104. The smallest absolute Gasteiger partial charge is 0.268 e. The van der Waals surface area contributed by atoms with Crippen molar-refractivity contribution in [3.05, 3.63) is 63.7 Å². The van der Waals surface area contributed by atoms with E-state index in [1.165, 1.54) is 23.5 Å². The Morgan fingerprint density at radius 1 is 1.21 bits per heavy atom. The van der Waals surface area contributed by atoms with E-state index in [1.54, 1.807) is 24.3 Å². The summed E-state index contributed by atoms with van der Waals surface area (Å²) in [5, 5.41) is 6.43. The zero-order valence-corrected chi connectivity index (χ0v) is 17.3. The summed E-state index contributed by atoms with van der Waals surface area (Å²) in [7, 11) is 0. The molecule has 0 saturated carbocycles. The highest BCUT2D eigenvalue weighted by molar-refractivity contribution is 7.14. The van der Waals surface area contributed by atoms with Crippen LogP contribution >= 0.6 is 11.3 Å². The normalized spacial score (nSPS) is 12.3. The molecule has 152 valence electrons. The zero-order valence-electron chi connectivity index (χ0n) is 16.5. The van der Waals surface area contributed by atoms with Gasteiger partial charge in [0.15, 0.2) is 0 Å². The van der Waals surface area contributed by atoms with Gasteiger partial charge in [-0.15, -0.1) is 11.3 Å². The zero-order chi connectivity index (χ0) is 21.0. The van der Waals surface area contributed by atoms with Gasteiger partial charge in [-0.1, -0.05) is 26.0 Å². The van der Waals surface area contributed by atoms with Gasteiger partial charge in [-0.05, 0) is 49.2 Å². The van der Waals surface area contributed by atoms with Crippen molar-refractivity contribution < 1.29 is 15.4 Å². The maximum atomic E-state index is 13.6. The van der Waals surface area contributed by atoms with Crippen LogP contribution in [0.5, 0.6) is 0 Å². The third kappa shape index (κ3) is 4.68. The molecular formula is C22H24FN3O2S. The minimum absolute atomic E-state index is 0. The standard InChI is InChI=1S/C20H16FN3O2S.C2H6.H2/c1-11-22-18(13-3-2-4-14(21)9-13)19(27-11)20(26)23-15-6-7-16-12(10-15)5-8-17(25)24-16;1-2;/h2-4,6-7,9-10H,5,8H2,1H3,(H,23,26)(H,24,25);1-2H3;1H. The maximum absolute atomic E-state index is 13.6. The van der Waals surface area contributed by atoms with Crippen LogP contribution in [0.2, 0.25) is 0 Å². The number of aryl methyl sites for hydroxylation is 2. The molecule has 1 aliphatic heterocycles. The lowest BCUT2D eigenvalue weighted by Crippen LogP contribution is -2.19. The topological polar surface area (TPSA) is 71.1 Å². The fourth-order valence-corrected chi connectivity index (χ4v) is 3.90. The van der Waals surface area contributed by atoms with Crippen molar-refractivity contribution in [3.8, 4) is 11.3 Å². The summed E-state index contributed by atoms with van der Waals surface area (Å²) in [5.74, 6) is -0.667. The van der Waals surface area contributed by atoms with Crippen molar-refractivity contribution in [3.63, 3.8) is 0 Å². The van der Waals surface area contributed by atoms with Gasteiger partial charge in [0.05, 0.1) is 10.7 Å². The van der Waals surface area contributed by atoms with Gasteiger partial charge < -0.3 is 10.6 Å². The summed E-state index contributed by atoms with van der Waals surface area (Å²) in [6.45, 7) is 5.81. The van der Waals surface area contributed by atoms with E-state index < -0.39 is 0 Å². The van der Waals surface area contributed by atoms with E-state index in [0.717, 1.165) is 16.3 Å². The van der Waals surface area contributed by atoms with E-state index in [0.29, 0.717) is 34.7 Å². The molecule has 0 fully saturated rings. The summed E-state index contributed by atoms with van der Waals surface area (Å²) >= 11 is 1.27. The lowest BCUT2D eigenvalue weighted by atomic mass is 10.0. The van der Waals surface area contributed by atoms with Crippen molar-refractivity contribution in [2.24, 2.45) is 0 Å². The molecule has 2 N–H and O–H groups in total. The summed E-state index contributed by atoms with van der Waals surface area (Å²) in [6.07, 6.45) is 1.07. The molecule has 0 bridgehead atoms. The van der Waals surface area contributed by atoms with Gasteiger partial charge in [-0.3, -0.25) is 9.59 Å². The van der Waals surface area contributed by atoms with Crippen LogP contribution in [0.4, 0.5) is 15.8 Å². The lowest BCUT2D eigenvalue weighted by molar-refractivity contribution is -0.116. The molecule has 0 spiro atoms. The number of carbonyl (C=O) groups is 2. The van der Waals surface area contributed by atoms with Crippen LogP contribution in [0.25, 0.3) is 11.3 Å². The molecule has 1 aromatic heterocycles. The average molecular weight is 414 g/mol. The number of fused-ring (bicyclic) bond motifs is 1. The molecule has 0 saturated heterocycles. The van der Waals surface area contributed by atoms with Crippen LogP contribution in [-0.2, 0) is 11.2 Å². The number of nitrogens with zero attached hydrogens (tertiary/aromatic N) is 1. The van der Waals surface area contributed by atoms with Crippen LogP contribution in [0.1, 0.15) is 41.9 Å². The van der Waals surface area contributed by atoms with Gasteiger partial charge in [0.2, 0.25) is 5.91 Å². The number of nitrogens with one attached hydrogen (secondary N) is 2. The van der Waals surface area contributed by atoms with Crippen LogP contribution < -0.4 is 10.6 Å². The van der Waals surface area contributed by atoms with Crippen LogP contribution in [0.3, 0.4) is 0 Å². The Bertz CT molecular complexity index is 1070. The molecule has 29 heavy (non-hydrogen) atoms. The Morgan fingerprint density at radius 2 is 2.00 bits per heavy atom. The predicted octanol–water partition coefficient (Wildman–Crippen LogP) is 5.67. The quantitative estimate of drug-likeness (QED) is 0.581. The van der Waals surface area contributed by atoms with Crippen LogP contribution in [0, 0.1) is 12.7 Å². The number of anilines is 2. The fourth-order valence-electron chi connectivity index (χ4n) is 3.06. The minimum Gasteiger partial charge on any atom is -0.326 e. The second-order valence-corrected chi connectivity index (χ2v) is 7.50. The number of thiazole rings is 1. The third-order valence-corrected chi connectivity index (χ3v) is 5.27. The third-order valence-electron chi connectivity index (χ3n) is 4.30. The maximum Gasteiger partial charge on any atom is 0.268 e. The lowest BCUT2D eigenvalue weighted by Gasteiger charge is -2.17. The Kier molecular flexibility index (Phi) is 6.39. The molecule has 2 heterocycles. The molecule has 2 aromatic carbocycles.